The quantitative estimate of drug-likeness (QED) is 0.456. The zero-order chi connectivity index (χ0) is 21.6. The molecule has 1 atom stereocenters. The molecule has 8 heteroatoms. The topological polar surface area (TPSA) is 89.9 Å². The molecule has 2 rings (SSSR count). The number of carbonyl (C=O) groups excluding carboxylic acids is 2. The van der Waals surface area contributed by atoms with Gasteiger partial charge in [0.15, 0.2) is 0 Å². The third kappa shape index (κ3) is 6.19. The summed E-state index contributed by atoms with van der Waals surface area (Å²) in [6.07, 6.45) is 1.32. The first-order chi connectivity index (χ1) is 13.7. The Morgan fingerprint density at radius 1 is 1.24 bits per heavy atom. The number of hydrogen-bond acceptors (Lipinski definition) is 4. The van der Waals surface area contributed by atoms with E-state index in [1.807, 2.05) is 32.0 Å². The fourth-order valence-corrected chi connectivity index (χ4v) is 3.24. The molecule has 3 N–H and O–H groups in total. The van der Waals surface area contributed by atoms with E-state index in [1.54, 1.807) is 24.3 Å². The number of amides is 2. The molecular weight excluding hydrogens is 391 g/mol. The molecule has 1 unspecified atom stereocenters. The molecule has 0 saturated heterocycles. The molecule has 0 saturated carbocycles. The van der Waals surface area contributed by atoms with Gasteiger partial charge in [-0.05, 0) is 49.6 Å². The third-order valence-corrected chi connectivity index (χ3v) is 4.85. The van der Waals surface area contributed by atoms with Gasteiger partial charge in [0.2, 0.25) is 5.91 Å². The molecule has 6 nitrogen and oxygen atoms in total. The summed E-state index contributed by atoms with van der Waals surface area (Å²) in [7, 11) is -1.76. The Hall–Kier alpha value is -2.61. The fraction of sp³-hybridized carbons (Fsp3) is 0.238. The Labute approximate surface area is 176 Å². The SMILES string of the molecule is C=CC(=O)N(CC(=O)NC(Cc1ccc(C)cc1C)B(O)O)c1ccccc1Cl. The van der Waals surface area contributed by atoms with Gasteiger partial charge >= 0.3 is 7.12 Å². The lowest BCUT2D eigenvalue weighted by Gasteiger charge is -2.24. The minimum atomic E-state index is -1.76. The molecule has 2 aromatic rings. The molecule has 2 amide bonds. The van der Waals surface area contributed by atoms with E-state index in [2.05, 4.69) is 11.9 Å². The molecule has 0 spiro atoms. The molecule has 0 fully saturated rings. The van der Waals surface area contributed by atoms with Gasteiger partial charge in [-0.1, -0.05) is 54.1 Å². The monoisotopic (exact) mass is 414 g/mol. The van der Waals surface area contributed by atoms with E-state index in [1.165, 1.54) is 4.90 Å². The lowest BCUT2D eigenvalue weighted by Crippen LogP contribution is -2.51. The zero-order valence-electron chi connectivity index (χ0n) is 16.4. The normalized spacial score (nSPS) is 11.5. The van der Waals surface area contributed by atoms with Crippen LogP contribution in [0.5, 0.6) is 0 Å². The number of carbonyl (C=O) groups is 2. The second-order valence-corrected chi connectivity index (χ2v) is 7.21. The van der Waals surface area contributed by atoms with E-state index >= 15 is 0 Å². The predicted molar refractivity (Wildman–Crippen MR) is 116 cm³/mol. The van der Waals surface area contributed by atoms with Crippen LogP contribution in [0.25, 0.3) is 0 Å². The van der Waals surface area contributed by atoms with Crippen molar-refractivity contribution in [3.8, 4) is 0 Å². The van der Waals surface area contributed by atoms with Gasteiger partial charge in [0.1, 0.15) is 6.54 Å². The molecule has 0 aliphatic rings. The minimum absolute atomic E-state index is 0.233. The van der Waals surface area contributed by atoms with Gasteiger partial charge < -0.3 is 15.4 Å². The van der Waals surface area contributed by atoms with E-state index in [4.69, 9.17) is 11.6 Å². The molecule has 0 heterocycles. The molecule has 152 valence electrons. The standard InChI is InChI=1S/C21H24BClN2O4/c1-4-21(27)25(18-8-6-5-7-17(18)23)13-20(26)24-19(22(28)29)12-16-10-9-14(2)11-15(16)3/h4-11,19,28-29H,1,12-13H2,2-3H3,(H,24,26). The number of nitrogens with zero attached hydrogens (tertiary/aromatic N) is 1. The van der Waals surface area contributed by atoms with E-state index in [9.17, 15) is 19.6 Å². The highest BCUT2D eigenvalue weighted by Crippen LogP contribution is 2.25. The number of anilines is 1. The number of rotatable bonds is 8. The van der Waals surface area contributed by atoms with Crippen LogP contribution < -0.4 is 10.2 Å². The molecular formula is C21H24BClN2O4. The van der Waals surface area contributed by atoms with Gasteiger partial charge in [0.05, 0.1) is 16.7 Å². The van der Waals surface area contributed by atoms with Gasteiger partial charge in [-0.25, -0.2) is 0 Å². The average molecular weight is 415 g/mol. The van der Waals surface area contributed by atoms with Gasteiger partial charge in [-0.15, -0.1) is 0 Å². The summed E-state index contributed by atoms with van der Waals surface area (Å²) in [5, 5.41) is 22.4. The van der Waals surface area contributed by atoms with Crippen LogP contribution in [0.4, 0.5) is 5.69 Å². The lowest BCUT2D eigenvalue weighted by molar-refractivity contribution is -0.122. The minimum Gasteiger partial charge on any atom is -0.426 e. The first-order valence-electron chi connectivity index (χ1n) is 9.13. The number of benzene rings is 2. The maximum absolute atomic E-state index is 12.6. The van der Waals surface area contributed by atoms with Crippen LogP contribution in [-0.4, -0.2) is 41.5 Å². The van der Waals surface area contributed by atoms with Crippen LogP contribution in [0, 0.1) is 13.8 Å². The third-order valence-electron chi connectivity index (χ3n) is 4.53. The molecule has 2 aromatic carbocycles. The van der Waals surface area contributed by atoms with Crippen LogP contribution in [0.1, 0.15) is 16.7 Å². The number of aryl methyl sites for hydroxylation is 2. The second kappa shape index (κ2) is 10.3. The largest absolute Gasteiger partial charge is 0.475 e. The predicted octanol–water partition coefficient (Wildman–Crippen LogP) is 2.22. The summed E-state index contributed by atoms with van der Waals surface area (Å²) < 4.78 is 0. The van der Waals surface area contributed by atoms with E-state index in [-0.39, 0.29) is 13.0 Å². The Kier molecular flexibility index (Phi) is 8.02. The first kappa shape index (κ1) is 22.7. The molecule has 0 aliphatic carbocycles. The Morgan fingerprint density at radius 2 is 1.93 bits per heavy atom. The second-order valence-electron chi connectivity index (χ2n) is 6.80. The first-order valence-corrected chi connectivity index (χ1v) is 9.50. The van der Waals surface area contributed by atoms with E-state index in [0.717, 1.165) is 22.8 Å². The van der Waals surface area contributed by atoms with Crippen molar-refractivity contribution in [2.45, 2.75) is 26.2 Å². The van der Waals surface area contributed by atoms with Crippen molar-refractivity contribution in [1.82, 2.24) is 5.32 Å². The van der Waals surface area contributed by atoms with Crippen LogP contribution >= 0.6 is 11.6 Å². The summed E-state index contributed by atoms with van der Waals surface area (Å²) in [6, 6.07) is 12.4. The van der Waals surface area contributed by atoms with Crippen molar-refractivity contribution in [3.63, 3.8) is 0 Å². The molecule has 0 aromatic heterocycles. The fourth-order valence-electron chi connectivity index (χ4n) is 3.00. The van der Waals surface area contributed by atoms with Crippen molar-refractivity contribution in [2.75, 3.05) is 11.4 Å². The highest BCUT2D eigenvalue weighted by Gasteiger charge is 2.28. The van der Waals surface area contributed by atoms with Crippen molar-refractivity contribution in [2.24, 2.45) is 0 Å². The lowest BCUT2D eigenvalue weighted by atomic mass is 9.75. The summed E-state index contributed by atoms with van der Waals surface area (Å²) in [6.45, 7) is 7.01. The number of nitrogens with one attached hydrogen (secondary N) is 1. The van der Waals surface area contributed by atoms with Crippen LogP contribution in [-0.2, 0) is 16.0 Å². The summed E-state index contributed by atoms with van der Waals surface area (Å²) in [4.78, 5) is 26.0. The highest BCUT2D eigenvalue weighted by molar-refractivity contribution is 6.43. The summed E-state index contributed by atoms with van der Waals surface area (Å²) >= 11 is 6.16. The summed E-state index contributed by atoms with van der Waals surface area (Å²) in [5.41, 5.74) is 3.34. The number of halogens is 1. The average Bonchev–Trinajstić information content (AvgIpc) is 2.67. The van der Waals surface area contributed by atoms with Gasteiger partial charge in [0.25, 0.3) is 5.91 Å². The van der Waals surface area contributed by atoms with E-state index in [0.29, 0.717) is 10.7 Å². The molecule has 0 bridgehead atoms. The number of hydrogen-bond donors (Lipinski definition) is 3. The van der Waals surface area contributed by atoms with Crippen LogP contribution in [0.3, 0.4) is 0 Å². The Balaban J connectivity index is 2.16. The maximum atomic E-state index is 12.6. The van der Waals surface area contributed by atoms with Crippen LogP contribution in [0.2, 0.25) is 5.02 Å². The Bertz CT molecular complexity index is 904. The van der Waals surface area contributed by atoms with Crippen molar-refractivity contribution < 1.29 is 19.6 Å². The highest BCUT2D eigenvalue weighted by atomic mass is 35.5. The maximum Gasteiger partial charge on any atom is 0.475 e. The van der Waals surface area contributed by atoms with E-state index < -0.39 is 24.9 Å². The van der Waals surface area contributed by atoms with Crippen molar-refractivity contribution >= 4 is 36.2 Å². The summed E-state index contributed by atoms with van der Waals surface area (Å²) in [5.74, 6) is -1.98. The smallest absolute Gasteiger partial charge is 0.426 e. The van der Waals surface area contributed by atoms with Crippen LogP contribution in [0.15, 0.2) is 55.1 Å². The zero-order valence-corrected chi connectivity index (χ0v) is 17.2. The molecule has 0 aliphatic heterocycles. The molecule has 29 heavy (non-hydrogen) atoms. The van der Waals surface area contributed by atoms with Crippen molar-refractivity contribution in [1.29, 1.82) is 0 Å². The Morgan fingerprint density at radius 3 is 2.52 bits per heavy atom. The number of para-hydroxylation sites is 1. The van der Waals surface area contributed by atoms with Gasteiger partial charge in [-0.2, -0.15) is 0 Å². The van der Waals surface area contributed by atoms with Gasteiger partial charge in [0, 0.05) is 0 Å². The van der Waals surface area contributed by atoms with Crippen molar-refractivity contribution in [3.05, 3.63) is 76.8 Å². The van der Waals surface area contributed by atoms with Gasteiger partial charge in [-0.3, -0.25) is 14.5 Å². The molecule has 0 radical (unpaired) electrons.